The van der Waals surface area contributed by atoms with Crippen molar-refractivity contribution in [2.75, 3.05) is 13.6 Å². The summed E-state index contributed by atoms with van der Waals surface area (Å²) in [6, 6.07) is -0.0439. The second-order valence-electron chi connectivity index (χ2n) is 6.24. The highest BCUT2D eigenvalue weighted by molar-refractivity contribution is 5.74. The standard InChI is InChI=1S/C15H21N7O2/c1-9(2)18-15(23)19-11-4-12(22(3)7-11)14-20-13(21-24-14)10-5-16-8-17-6-10/h5-6,8-9,11-12H,4,7H2,1-3H3,(H2,18,19,23)/t11-,12-/m0/s1. The third-order valence-corrected chi connectivity index (χ3v) is 3.85. The van der Waals surface area contributed by atoms with Crippen LogP contribution in [0.2, 0.25) is 0 Å². The van der Waals surface area contributed by atoms with Gasteiger partial charge in [-0.25, -0.2) is 14.8 Å². The number of likely N-dealkylation sites (tertiary alicyclic amines) is 1. The molecule has 2 atom stereocenters. The highest BCUT2D eigenvalue weighted by Gasteiger charge is 2.35. The molecule has 0 radical (unpaired) electrons. The quantitative estimate of drug-likeness (QED) is 0.859. The minimum atomic E-state index is -0.156. The van der Waals surface area contributed by atoms with Gasteiger partial charge in [-0.05, 0) is 27.3 Å². The lowest BCUT2D eigenvalue weighted by atomic mass is 10.1. The van der Waals surface area contributed by atoms with Gasteiger partial charge in [0, 0.05) is 31.0 Å². The van der Waals surface area contributed by atoms with E-state index < -0.39 is 0 Å². The molecule has 2 aromatic heterocycles. The van der Waals surface area contributed by atoms with E-state index in [9.17, 15) is 4.79 Å². The molecule has 0 spiro atoms. The SMILES string of the molecule is CC(C)NC(=O)N[C@H]1C[C@@H](c2nc(-c3cncnc3)no2)N(C)C1. The van der Waals surface area contributed by atoms with Crippen LogP contribution in [0.3, 0.4) is 0 Å². The zero-order chi connectivity index (χ0) is 17.1. The van der Waals surface area contributed by atoms with Crippen molar-refractivity contribution in [2.24, 2.45) is 0 Å². The van der Waals surface area contributed by atoms with Crippen LogP contribution in [0.15, 0.2) is 23.2 Å². The van der Waals surface area contributed by atoms with Crippen molar-refractivity contribution in [2.45, 2.75) is 38.4 Å². The molecule has 2 amide bonds. The first-order valence-electron chi connectivity index (χ1n) is 7.89. The topological polar surface area (TPSA) is 109 Å². The number of carbonyl (C=O) groups is 1. The number of aromatic nitrogens is 4. The van der Waals surface area contributed by atoms with Gasteiger partial charge in [0.05, 0.1) is 11.6 Å². The summed E-state index contributed by atoms with van der Waals surface area (Å²) in [4.78, 5) is 26.3. The van der Waals surface area contributed by atoms with Crippen LogP contribution in [0.4, 0.5) is 4.79 Å². The molecule has 0 aliphatic carbocycles. The van der Waals surface area contributed by atoms with Gasteiger partial charge in [0.1, 0.15) is 6.33 Å². The maximum absolute atomic E-state index is 11.8. The molecule has 9 nitrogen and oxygen atoms in total. The Labute approximate surface area is 139 Å². The molecule has 3 heterocycles. The Bertz CT molecular complexity index is 688. The van der Waals surface area contributed by atoms with Crippen LogP contribution in [0.5, 0.6) is 0 Å². The summed E-state index contributed by atoms with van der Waals surface area (Å²) in [5, 5.41) is 9.81. The van der Waals surface area contributed by atoms with Gasteiger partial charge in [-0.15, -0.1) is 0 Å². The average Bonchev–Trinajstić information content (AvgIpc) is 3.14. The number of urea groups is 1. The van der Waals surface area contributed by atoms with E-state index in [0.29, 0.717) is 17.3 Å². The summed E-state index contributed by atoms with van der Waals surface area (Å²) in [6.45, 7) is 4.58. The first-order valence-corrected chi connectivity index (χ1v) is 7.89. The van der Waals surface area contributed by atoms with E-state index in [1.807, 2.05) is 20.9 Å². The lowest BCUT2D eigenvalue weighted by Gasteiger charge is -2.15. The number of amides is 2. The predicted octanol–water partition coefficient (Wildman–Crippen LogP) is 0.979. The summed E-state index contributed by atoms with van der Waals surface area (Å²) >= 11 is 0. The monoisotopic (exact) mass is 331 g/mol. The van der Waals surface area contributed by atoms with E-state index in [1.54, 1.807) is 12.4 Å². The number of hydrogen-bond donors (Lipinski definition) is 2. The van der Waals surface area contributed by atoms with Gasteiger partial charge in [0.15, 0.2) is 0 Å². The summed E-state index contributed by atoms with van der Waals surface area (Å²) in [7, 11) is 1.97. The van der Waals surface area contributed by atoms with Crippen LogP contribution in [0.25, 0.3) is 11.4 Å². The molecule has 1 aliphatic heterocycles. The summed E-state index contributed by atoms with van der Waals surface area (Å²) < 4.78 is 5.40. The van der Waals surface area contributed by atoms with Gasteiger partial charge >= 0.3 is 6.03 Å². The Morgan fingerprint density at radius 2 is 2.12 bits per heavy atom. The van der Waals surface area contributed by atoms with Gasteiger partial charge in [-0.2, -0.15) is 4.98 Å². The van der Waals surface area contributed by atoms with Crippen molar-refractivity contribution >= 4 is 6.03 Å². The van der Waals surface area contributed by atoms with Crippen molar-refractivity contribution in [3.63, 3.8) is 0 Å². The molecule has 2 aromatic rings. The summed E-state index contributed by atoms with van der Waals surface area (Å²) in [5.41, 5.74) is 0.708. The third kappa shape index (κ3) is 3.67. The number of nitrogens with zero attached hydrogens (tertiary/aromatic N) is 5. The van der Waals surface area contributed by atoms with E-state index in [2.05, 4.69) is 35.6 Å². The van der Waals surface area contributed by atoms with Crippen LogP contribution in [-0.4, -0.2) is 56.7 Å². The molecule has 1 fully saturated rings. The number of carbonyl (C=O) groups excluding carboxylic acids is 1. The molecule has 3 rings (SSSR count). The largest absolute Gasteiger partial charge is 0.337 e. The van der Waals surface area contributed by atoms with Crippen molar-refractivity contribution in [1.29, 1.82) is 0 Å². The zero-order valence-electron chi connectivity index (χ0n) is 13.9. The molecule has 1 aliphatic rings. The second-order valence-corrected chi connectivity index (χ2v) is 6.24. The zero-order valence-corrected chi connectivity index (χ0v) is 13.9. The number of nitrogens with one attached hydrogen (secondary N) is 2. The number of rotatable bonds is 4. The molecule has 0 aromatic carbocycles. The highest BCUT2D eigenvalue weighted by Crippen LogP contribution is 2.30. The van der Waals surface area contributed by atoms with Crippen LogP contribution < -0.4 is 10.6 Å². The van der Waals surface area contributed by atoms with E-state index >= 15 is 0 Å². The Hall–Kier alpha value is -2.55. The fraction of sp³-hybridized carbons (Fsp3) is 0.533. The van der Waals surface area contributed by atoms with E-state index in [0.717, 1.165) is 13.0 Å². The molecule has 1 saturated heterocycles. The Balaban J connectivity index is 1.65. The normalized spacial score (nSPS) is 21.2. The fourth-order valence-electron chi connectivity index (χ4n) is 2.78. The highest BCUT2D eigenvalue weighted by atomic mass is 16.5. The smallest absolute Gasteiger partial charge is 0.315 e. The minimum absolute atomic E-state index is 0.0276. The lowest BCUT2D eigenvalue weighted by molar-refractivity contribution is 0.234. The molecule has 0 bridgehead atoms. The second kappa shape index (κ2) is 6.91. The lowest BCUT2D eigenvalue weighted by Crippen LogP contribution is -2.45. The third-order valence-electron chi connectivity index (χ3n) is 3.85. The molecule has 128 valence electrons. The van der Waals surface area contributed by atoms with Crippen molar-refractivity contribution in [3.05, 3.63) is 24.6 Å². The van der Waals surface area contributed by atoms with E-state index in [1.165, 1.54) is 6.33 Å². The Kier molecular flexibility index (Phi) is 4.70. The van der Waals surface area contributed by atoms with Gasteiger partial charge in [-0.1, -0.05) is 5.16 Å². The first kappa shape index (κ1) is 16.3. The maximum atomic E-state index is 11.8. The molecule has 0 saturated carbocycles. The van der Waals surface area contributed by atoms with E-state index in [4.69, 9.17) is 4.52 Å². The van der Waals surface area contributed by atoms with Gasteiger partial charge in [0.25, 0.3) is 0 Å². The first-order chi connectivity index (χ1) is 11.5. The van der Waals surface area contributed by atoms with Crippen LogP contribution in [0.1, 0.15) is 32.2 Å². The summed E-state index contributed by atoms with van der Waals surface area (Å²) in [5.74, 6) is 0.998. The molecule has 9 heteroatoms. The van der Waals surface area contributed by atoms with Gasteiger partial charge in [0.2, 0.25) is 11.7 Å². The van der Waals surface area contributed by atoms with Gasteiger partial charge in [-0.3, -0.25) is 4.90 Å². The van der Waals surface area contributed by atoms with Crippen LogP contribution in [0, 0.1) is 0 Å². The predicted molar refractivity (Wildman–Crippen MR) is 85.9 cm³/mol. The molecule has 2 N–H and O–H groups in total. The average molecular weight is 331 g/mol. The summed E-state index contributed by atoms with van der Waals surface area (Å²) in [6.07, 6.45) is 5.45. The van der Waals surface area contributed by atoms with Crippen molar-refractivity contribution in [3.8, 4) is 11.4 Å². The molecule has 24 heavy (non-hydrogen) atoms. The maximum Gasteiger partial charge on any atom is 0.315 e. The Morgan fingerprint density at radius 1 is 1.38 bits per heavy atom. The molecular weight excluding hydrogens is 310 g/mol. The van der Waals surface area contributed by atoms with Crippen molar-refractivity contribution < 1.29 is 9.32 Å². The van der Waals surface area contributed by atoms with Crippen LogP contribution >= 0.6 is 0 Å². The number of hydrogen-bond acceptors (Lipinski definition) is 7. The van der Waals surface area contributed by atoms with E-state index in [-0.39, 0.29) is 24.2 Å². The molecular formula is C15H21N7O2. The Morgan fingerprint density at radius 3 is 2.83 bits per heavy atom. The number of likely N-dealkylation sites (N-methyl/N-ethyl adjacent to an activating group) is 1. The van der Waals surface area contributed by atoms with Crippen molar-refractivity contribution in [1.82, 2.24) is 35.6 Å². The molecule has 0 unspecified atom stereocenters. The van der Waals surface area contributed by atoms with Crippen LogP contribution in [-0.2, 0) is 0 Å². The van der Waals surface area contributed by atoms with Gasteiger partial charge < -0.3 is 15.2 Å². The fourth-order valence-corrected chi connectivity index (χ4v) is 2.78. The minimum Gasteiger partial charge on any atom is -0.337 e.